The zero-order valence-corrected chi connectivity index (χ0v) is 8.01. The molecule has 0 saturated heterocycles. The summed E-state index contributed by atoms with van der Waals surface area (Å²) in [5.41, 5.74) is 2.69. The normalized spacial score (nSPS) is 8.60. The van der Waals surface area contributed by atoms with Crippen molar-refractivity contribution in [3.05, 3.63) is 29.6 Å². The molecule has 1 aromatic rings. The Morgan fingerprint density at radius 1 is 1.50 bits per heavy atom. The molecular weight excluding hydrogens is 190 g/mol. The molecule has 0 bridgehead atoms. The molecule has 10 heavy (non-hydrogen) atoms. The van der Waals surface area contributed by atoms with Crippen molar-refractivity contribution >= 4 is 17.0 Å². The van der Waals surface area contributed by atoms with Crippen LogP contribution in [-0.2, 0) is 6.42 Å². The Hall–Kier alpha value is -0.370. The van der Waals surface area contributed by atoms with Crippen LogP contribution in [0.2, 0.25) is 0 Å². The minimum Gasteiger partial charge on any atom is -0.264 e. The lowest BCUT2D eigenvalue weighted by atomic mass is 10.1. The summed E-state index contributed by atoms with van der Waals surface area (Å²) < 4.78 is 0. The zero-order chi connectivity index (χ0) is 6.69. The van der Waals surface area contributed by atoms with Gasteiger partial charge in [0.15, 0.2) is 0 Å². The number of hydrogen-bond acceptors (Lipinski definition) is 1. The van der Waals surface area contributed by atoms with E-state index in [0.717, 1.165) is 6.42 Å². The van der Waals surface area contributed by atoms with E-state index in [2.05, 4.69) is 18.8 Å². The molecule has 0 aliphatic heterocycles. The number of hydrogen-bond donors (Lipinski definition) is 0. The molecule has 0 unspecified atom stereocenters. The second kappa shape index (κ2) is 4.45. The van der Waals surface area contributed by atoms with Crippen molar-refractivity contribution in [2.75, 3.05) is 0 Å². The molecule has 0 spiro atoms. The molecule has 0 aromatic carbocycles. The van der Waals surface area contributed by atoms with Gasteiger partial charge in [-0.1, -0.05) is 6.92 Å². The third-order valence-electron chi connectivity index (χ3n) is 1.53. The lowest BCUT2D eigenvalue weighted by Gasteiger charge is -1.97. The lowest BCUT2D eigenvalue weighted by Crippen LogP contribution is -1.85. The van der Waals surface area contributed by atoms with E-state index in [4.69, 9.17) is 0 Å². The molecule has 1 aromatic heterocycles. The van der Waals surface area contributed by atoms with E-state index in [9.17, 15) is 0 Å². The van der Waals surface area contributed by atoms with E-state index < -0.39 is 0 Å². The molecule has 1 heterocycles. The van der Waals surface area contributed by atoms with E-state index in [0.29, 0.717) is 0 Å². The van der Waals surface area contributed by atoms with Crippen LogP contribution in [0.25, 0.3) is 0 Å². The van der Waals surface area contributed by atoms with Crippen molar-refractivity contribution in [1.29, 1.82) is 0 Å². The first-order chi connectivity index (χ1) is 4.34. The summed E-state index contributed by atoms with van der Waals surface area (Å²) >= 11 is 0. The fourth-order valence-corrected chi connectivity index (χ4v) is 0.867. The van der Waals surface area contributed by atoms with Gasteiger partial charge in [-0.05, 0) is 30.5 Å². The number of pyridine rings is 1. The molecule has 2 heteroatoms. The minimum absolute atomic E-state index is 0. The molecule has 1 nitrogen and oxygen atoms in total. The Balaban J connectivity index is 0.000000810. The highest BCUT2D eigenvalue weighted by Gasteiger charge is 1.90. The SMILES string of the molecule is Br.CCc1cnccc1C. The van der Waals surface area contributed by atoms with Crippen molar-refractivity contribution in [2.24, 2.45) is 0 Å². The Bertz CT molecular complexity index is 198. The maximum atomic E-state index is 4.02. The van der Waals surface area contributed by atoms with Crippen molar-refractivity contribution in [3.63, 3.8) is 0 Å². The molecule has 0 aliphatic rings. The molecular formula is C8H12BrN. The number of aromatic nitrogens is 1. The van der Waals surface area contributed by atoms with Crippen molar-refractivity contribution < 1.29 is 0 Å². The average molecular weight is 202 g/mol. The van der Waals surface area contributed by atoms with Crippen LogP contribution in [0.3, 0.4) is 0 Å². The van der Waals surface area contributed by atoms with Crippen LogP contribution in [0.5, 0.6) is 0 Å². The lowest BCUT2D eigenvalue weighted by molar-refractivity contribution is 1.07. The molecule has 0 fully saturated rings. The highest BCUT2D eigenvalue weighted by atomic mass is 79.9. The Morgan fingerprint density at radius 3 is 2.60 bits per heavy atom. The maximum Gasteiger partial charge on any atom is 0.0302 e. The third kappa shape index (κ3) is 2.10. The molecule has 0 atom stereocenters. The van der Waals surface area contributed by atoms with Gasteiger partial charge in [0.1, 0.15) is 0 Å². The zero-order valence-electron chi connectivity index (χ0n) is 6.29. The van der Waals surface area contributed by atoms with Crippen LogP contribution < -0.4 is 0 Å². The monoisotopic (exact) mass is 201 g/mol. The topological polar surface area (TPSA) is 12.9 Å². The highest BCUT2D eigenvalue weighted by Crippen LogP contribution is 2.03. The van der Waals surface area contributed by atoms with Gasteiger partial charge in [0.05, 0.1) is 0 Å². The fourth-order valence-electron chi connectivity index (χ4n) is 0.867. The average Bonchev–Trinajstić information content (AvgIpc) is 1.89. The highest BCUT2D eigenvalue weighted by molar-refractivity contribution is 8.93. The predicted octanol–water partition coefficient (Wildman–Crippen LogP) is 2.53. The summed E-state index contributed by atoms with van der Waals surface area (Å²) in [5.74, 6) is 0. The van der Waals surface area contributed by atoms with Gasteiger partial charge in [0.25, 0.3) is 0 Å². The summed E-state index contributed by atoms with van der Waals surface area (Å²) in [6.07, 6.45) is 4.84. The van der Waals surface area contributed by atoms with E-state index in [-0.39, 0.29) is 17.0 Å². The minimum atomic E-state index is 0. The summed E-state index contributed by atoms with van der Waals surface area (Å²) in [6, 6.07) is 2.04. The first kappa shape index (κ1) is 9.63. The molecule has 0 radical (unpaired) electrons. The van der Waals surface area contributed by atoms with Crippen LogP contribution in [0.15, 0.2) is 18.5 Å². The fraction of sp³-hybridized carbons (Fsp3) is 0.375. The quantitative estimate of drug-likeness (QED) is 0.681. The van der Waals surface area contributed by atoms with Gasteiger partial charge in [-0.3, -0.25) is 4.98 Å². The molecule has 0 saturated carbocycles. The molecule has 0 amide bonds. The number of nitrogens with zero attached hydrogens (tertiary/aromatic N) is 1. The second-order valence-corrected chi connectivity index (χ2v) is 2.16. The van der Waals surface area contributed by atoms with Crippen LogP contribution in [-0.4, -0.2) is 4.98 Å². The van der Waals surface area contributed by atoms with Crippen LogP contribution in [0.1, 0.15) is 18.1 Å². The van der Waals surface area contributed by atoms with Gasteiger partial charge in [-0.2, -0.15) is 0 Å². The predicted molar refractivity (Wildman–Crippen MR) is 48.7 cm³/mol. The van der Waals surface area contributed by atoms with E-state index in [1.54, 1.807) is 0 Å². The third-order valence-corrected chi connectivity index (χ3v) is 1.53. The van der Waals surface area contributed by atoms with Crippen LogP contribution in [0, 0.1) is 6.92 Å². The standard InChI is InChI=1S/C8H11N.BrH/c1-3-8-6-9-5-4-7(8)2;/h4-6H,3H2,1-2H3;1H. The van der Waals surface area contributed by atoms with Gasteiger partial charge in [0.2, 0.25) is 0 Å². The molecule has 1 rings (SSSR count). The second-order valence-electron chi connectivity index (χ2n) is 2.16. The van der Waals surface area contributed by atoms with Crippen LogP contribution >= 0.6 is 17.0 Å². The maximum absolute atomic E-state index is 4.02. The number of aryl methyl sites for hydroxylation is 2. The first-order valence-corrected chi connectivity index (χ1v) is 3.24. The molecule has 0 N–H and O–H groups in total. The van der Waals surface area contributed by atoms with Gasteiger partial charge >= 0.3 is 0 Å². The molecule has 0 aliphatic carbocycles. The van der Waals surface area contributed by atoms with Crippen molar-refractivity contribution in [1.82, 2.24) is 4.98 Å². The van der Waals surface area contributed by atoms with Crippen molar-refractivity contribution in [3.8, 4) is 0 Å². The van der Waals surface area contributed by atoms with Gasteiger partial charge in [-0.25, -0.2) is 0 Å². The Labute approximate surface area is 72.3 Å². The summed E-state index contributed by atoms with van der Waals surface area (Å²) in [4.78, 5) is 4.02. The Morgan fingerprint density at radius 2 is 2.20 bits per heavy atom. The number of halogens is 1. The first-order valence-electron chi connectivity index (χ1n) is 3.24. The number of rotatable bonds is 1. The van der Waals surface area contributed by atoms with E-state index in [1.165, 1.54) is 11.1 Å². The Kier molecular flexibility index (Phi) is 4.28. The van der Waals surface area contributed by atoms with Gasteiger partial charge < -0.3 is 0 Å². The van der Waals surface area contributed by atoms with E-state index >= 15 is 0 Å². The smallest absolute Gasteiger partial charge is 0.0302 e. The largest absolute Gasteiger partial charge is 0.264 e. The summed E-state index contributed by atoms with van der Waals surface area (Å²) in [5, 5.41) is 0. The molecule has 56 valence electrons. The van der Waals surface area contributed by atoms with Crippen molar-refractivity contribution in [2.45, 2.75) is 20.3 Å². The summed E-state index contributed by atoms with van der Waals surface area (Å²) in [7, 11) is 0. The van der Waals surface area contributed by atoms with Gasteiger partial charge in [-0.15, -0.1) is 17.0 Å². The summed E-state index contributed by atoms with van der Waals surface area (Å²) in [6.45, 7) is 4.25. The van der Waals surface area contributed by atoms with E-state index in [1.807, 2.05) is 18.5 Å². The van der Waals surface area contributed by atoms with Crippen LogP contribution in [0.4, 0.5) is 0 Å². The van der Waals surface area contributed by atoms with Gasteiger partial charge in [0, 0.05) is 12.4 Å².